The van der Waals surface area contributed by atoms with Gasteiger partial charge in [0.1, 0.15) is 12.5 Å². The molecule has 33 heavy (non-hydrogen) atoms. The van der Waals surface area contributed by atoms with Crippen molar-refractivity contribution >= 4 is 21.8 Å². The van der Waals surface area contributed by atoms with E-state index in [-0.39, 0.29) is 12.5 Å². The van der Waals surface area contributed by atoms with Crippen molar-refractivity contribution in [3.8, 4) is 16.9 Å². The number of hydrogen-bond donors (Lipinski definition) is 0. The summed E-state index contributed by atoms with van der Waals surface area (Å²) in [7, 11) is -2.36. The third-order valence-corrected chi connectivity index (χ3v) is 8.74. The van der Waals surface area contributed by atoms with E-state index in [0.717, 1.165) is 34.6 Å². The number of ether oxygens (including phenoxy) is 3. The van der Waals surface area contributed by atoms with Gasteiger partial charge >= 0.3 is 0 Å². The highest BCUT2D eigenvalue weighted by molar-refractivity contribution is 6.76. The molecule has 0 spiro atoms. The van der Waals surface area contributed by atoms with Crippen LogP contribution in [0.4, 0.5) is 5.69 Å². The summed E-state index contributed by atoms with van der Waals surface area (Å²) in [5, 5.41) is 16.0. The largest absolute Gasteiger partial charge is 0.467 e. The summed E-state index contributed by atoms with van der Waals surface area (Å²) in [5.41, 5.74) is 3.39. The molecule has 0 fully saturated rings. The second kappa shape index (κ2) is 11.4. The topological polar surface area (TPSA) is 88.7 Å². The molecule has 10 heteroatoms. The summed E-state index contributed by atoms with van der Waals surface area (Å²) < 4.78 is 19.3. The number of non-ortho nitro benzene ring substituents is 1. The van der Waals surface area contributed by atoms with Crippen molar-refractivity contribution in [2.45, 2.75) is 71.9 Å². The molecule has 1 aromatic heterocycles. The SMILES string of the molecule is Cc1nn(COCC[Si](C)(C)C)c(C)c1-c1ccc([N+](=O)[O-])cc1OCOCC[Si](C)(C)C. The van der Waals surface area contributed by atoms with Crippen molar-refractivity contribution in [3.63, 3.8) is 0 Å². The summed E-state index contributed by atoms with van der Waals surface area (Å²) in [6.45, 7) is 19.5. The fourth-order valence-electron chi connectivity index (χ4n) is 3.23. The van der Waals surface area contributed by atoms with Crippen LogP contribution < -0.4 is 4.74 Å². The lowest BCUT2D eigenvalue weighted by Gasteiger charge is -2.16. The molecule has 8 nitrogen and oxygen atoms in total. The number of nitro benzene ring substituents is 1. The molecule has 0 radical (unpaired) electrons. The molecule has 0 saturated carbocycles. The van der Waals surface area contributed by atoms with Crippen LogP contribution >= 0.6 is 0 Å². The molecule has 184 valence electrons. The monoisotopic (exact) mass is 493 g/mol. The molecule has 1 aromatic carbocycles. The zero-order valence-corrected chi connectivity index (χ0v) is 23.4. The van der Waals surface area contributed by atoms with Crippen LogP contribution in [0.1, 0.15) is 11.4 Å². The first kappa shape index (κ1) is 27.2. The average molecular weight is 494 g/mol. The van der Waals surface area contributed by atoms with E-state index >= 15 is 0 Å². The smallest absolute Gasteiger partial charge is 0.273 e. The molecule has 0 bridgehead atoms. The van der Waals surface area contributed by atoms with Crippen molar-refractivity contribution < 1.29 is 19.1 Å². The highest BCUT2D eigenvalue weighted by atomic mass is 28.3. The van der Waals surface area contributed by atoms with Crippen LogP contribution in [0, 0.1) is 24.0 Å². The third kappa shape index (κ3) is 8.69. The Morgan fingerprint density at radius 3 is 2.18 bits per heavy atom. The Hall–Kier alpha value is -2.02. The number of nitrogens with zero attached hydrogens (tertiary/aromatic N) is 3. The van der Waals surface area contributed by atoms with Gasteiger partial charge in [0.25, 0.3) is 5.69 Å². The molecule has 2 rings (SSSR count). The highest BCUT2D eigenvalue weighted by Crippen LogP contribution is 2.37. The molecule has 0 unspecified atom stereocenters. The molecule has 0 N–H and O–H groups in total. The van der Waals surface area contributed by atoms with E-state index in [1.807, 2.05) is 18.5 Å². The van der Waals surface area contributed by atoms with Gasteiger partial charge in [0.2, 0.25) is 0 Å². The summed E-state index contributed by atoms with van der Waals surface area (Å²) in [6, 6.07) is 6.80. The number of aromatic nitrogens is 2. The molecular formula is C23H39N3O5Si2. The van der Waals surface area contributed by atoms with Crippen LogP contribution in [0.3, 0.4) is 0 Å². The van der Waals surface area contributed by atoms with Gasteiger partial charge in [-0.1, -0.05) is 39.3 Å². The van der Waals surface area contributed by atoms with E-state index in [9.17, 15) is 10.1 Å². The molecule has 1 heterocycles. The summed E-state index contributed by atoms with van der Waals surface area (Å²) in [4.78, 5) is 10.9. The third-order valence-electron chi connectivity index (χ3n) is 5.33. The van der Waals surface area contributed by atoms with Gasteiger partial charge in [-0.25, -0.2) is 4.68 Å². The van der Waals surface area contributed by atoms with E-state index < -0.39 is 21.1 Å². The summed E-state index contributed by atoms with van der Waals surface area (Å²) >= 11 is 0. The fourth-order valence-corrected chi connectivity index (χ4v) is 4.75. The van der Waals surface area contributed by atoms with Crippen molar-refractivity contribution in [3.05, 3.63) is 39.7 Å². The van der Waals surface area contributed by atoms with Crippen molar-refractivity contribution in [2.24, 2.45) is 0 Å². The predicted octanol–water partition coefficient (Wildman–Crippen LogP) is 6.08. The minimum absolute atomic E-state index is 0.0202. The van der Waals surface area contributed by atoms with Crippen molar-refractivity contribution in [2.75, 3.05) is 20.0 Å². The van der Waals surface area contributed by atoms with Crippen LogP contribution in [0.2, 0.25) is 51.4 Å². The Morgan fingerprint density at radius 2 is 1.61 bits per heavy atom. The first-order valence-electron chi connectivity index (χ1n) is 11.4. The quantitative estimate of drug-likeness (QED) is 0.110. The molecule has 2 aromatic rings. The summed E-state index contributed by atoms with van der Waals surface area (Å²) in [6.07, 6.45) is 0. The number of benzene rings is 1. The number of nitro groups is 1. The first-order valence-corrected chi connectivity index (χ1v) is 18.8. The standard InChI is InChI=1S/C23H39N3O5Si2/c1-18-23(19(2)25(24-18)16-29-11-13-32(3,4)5)21-10-9-20(26(27)28)15-22(21)31-17-30-12-14-33(6,7)8/h9-10,15H,11-14,16-17H2,1-8H3. The Labute approximate surface area is 199 Å². The minimum atomic E-state index is -1.20. The van der Waals surface area contributed by atoms with Crippen LogP contribution in [0.15, 0.2) is 18.2 Å². The Kier molecular flexibility index (Phi) is 9.42. The molecule has 0 aliphatic heterocycles. The lowest BCUT2D eigenvalue weighted by atomic mass is 10.0. The van der Waals surface area contributed by atoms with E-state index in [1.165, 1.54) is 12.1 Å². The van der Waals surface area contributed by atoms with Crippen LogP contribution in [0.5, 0.6) is 5.75 Å². The first-order chi connectivity index (χ1) is 15.3. The van der Waals surface area contributed by atoms with Gasteiger partial charge in [0.15, 0.2) is 6.79 Å². The normalized spacial score (nSPS) is 12.2. The van der Waals surface area contributed by atoms with Gasteiger partial charge in [0.05, 0.1) is 16.7 Å². The summed E-state index contributed by atoms with van der Waals surface area (Å²) in [5.74, 6) is 0.419. The maximum atomic E-state index is 11.3. The highest BCUT2D eigenvalue weighted by Gasteiger charge is 2.21. The van der Waals surface area contributed by atoms with Crippen LogP contribution in [-0.4, -0.2) is 50.9 Å². The average Bonchev–Trinajstić information content (AvgIpc) is 2.96. The molecule has 0 atom stereocenters. The predicted molar refractivity (Wildman–Crippen MR) is 137 cm³/mol. The number of rotatable bonds is 13. The molecular weight excluding hydrogens is 454 g/mol. The van der Waals surface area contributed by atoms with Gasteiger partial charge < -0.3 is 14.2 Å². The van der Waals surface area contributed by atoms with Gasteiger partial charge in [-0.15, -0.1) is 0 Å². The Bertz CT molecular complexity index is 949. The fraction of sp³-hybridized carbons (Fsp3) is 0.609. The second-order valence-corrected chi connectivity index (χ2v) is 22.1. The van der Waals surface area contributed by atoms with E-state index in [2.05, 4.69) is 44.4 Å². The number of aryl methyl sites for hydroxylation is 1. The lowest BCUT2D eigenvalue weighted by Crippen LogP contribution is -2.22. The van der Waals surface area contributed by atoms with Gasteiger partial charge in [0, 0.05) is 52.2 Å². The van der Waals surface area contributed by atoms with Crippen LogP contribution in [0.25, 0.3) is 11.1 Å². The molecule has 0 saturated heterocycles. The van der Waals surface area contributed by atoms with Gasteiger partial charge in [-0.2, -0.15) is 5.10 Å². The maximum Gasteiger partial charge on any atom is 0.273 e. The van der Waals surface area contributed by atoms with Gasteiger partial charge in [-0.05, 0) is 32.0 Å². The Balaban J connectivity index is 2.20. The zero-order chi connectivity index (χ0) is 24.8. The maximum absolute atomic E-state index is 11.3. The van der Waals surface area contributed by atoms with E-state index in [1.54, 1.807) is 6.07 Å². The van der Waals surface area contributed by atoms with Crippen molar-refractivity contribution in [1.82, 2.24) is 9.78 Å². The minimum Gasteiger partial charge on any atom is -0.467 e. The number of hydrogen-bond acceptors (Lipinski definition) is 6. The second-order valence-electron chi connectivity index (χ2n) is 10.8. The van der Waals surface area contributed by atoms with Crippen molar-refractivity contribution in [1.29, 1.82) is 0 Å². The van der Waals surface area contributed by atoms with E-state index in [4.69, 9.17) is 14.2 Å². The van der Waals surface area contributed by atoms with Gasteiger partial charge in [-0.3, -0.25) is 10.1 Å². The zero-order valence-electron chi connectivity index (χ0n) is 21.4. The Morgan fingerprint density at radius 1 is 1.00 bits per heavy atom. The van der Waals surface area contributed by atoms with Crippen LogP contribution in [-0.2, 0) is 16.2 Å². The molecule has 0 aliphatic carbocycles. The van der Waals surface area contributed by atoms with E-state index in [0.29, 0.717) is 25.7 Å². The molecule has 0 aliphatic rings. The lowest BCUT2D eigenvalue weighted by molar-refractivity contribution is -0.384. The molecule has 0 amide bonds.